The fourth-order valence-corrected chi connectivity index (χ4v) is 0. The van der Waals surface area contributed by atoms with Crippen molar-refractivity contribution >= 4 is 0 Å². The van der Waals surface area contributed by atoms with Crippen molar-refractivity contribution in [3.8, 4) is 0 Å². The molecule has 0 amide bonds. The predicted molar refractivity (Wildman–Crippen MR) is 21.9 cm³/mol. The Hall–Kier alpha value is 1.54. The summed E-state index contributed by atoms with van der Waals surface area (Å²) >= 11 is 0. The Labute approximate surface area is 79.7 Å². The van der Waals surface area contributed by atoms with Gasteiger partial charge in [0.1, 0.15) is 0 Å². The van der Waals surface area contributed by atoms with Crippen LogP contribution in [0.1, 0.15) is 13.8 Å². The van der Waals surface area contributed by atoms with Crippen molar-refractivity contribution in [2.75, 3.05) is 6.61 Å². The molecule has 0 aromatic carbocycles. The molecule has 1 nitrogen and oxygen atoms in total. The van der Waals surface area contributed by atoms with Crippen molar-refractivity contribution in [2.24, 2.45) is 5.92 Å². The van der Waals surface area contributed by atoms with Gasteiger partial charge in [-0.3, -0.25) is 0 Å². The van der Waals surface area contributed by atoms with Crippen LogP contribution in [0.5, 0.6) is 0 Å². The molecular formula is C4H10EuO. The van der Waals surface area contributed by atoms with Crippen LogP contribution in [0.25, 0.3) is 0 Å². The van der Waals surface area contributed by atoms with Gasteiger partial charge >= 0.3 is 0 Å². The van der Waals surface area contributed by atoms with Gasteiger partial charge in [0.2, 0.25) is 0 Å². The van der Waals surface area contributed by atoms with E-state index in [0.717, 1.165) is 0 Å². The van der Waals surface area contributed by atoms with Crippen LogP contribution in [0.4, 0.5) is 0 Å². The molecule has 1 N–H and O–H groups in total. The van der Waals surface area contributed by atoms with Gasteiger partial charge in [-0.05, 0) is 5.92 Å². The van der Waals surface area contributed by atoms with Crippen LogP contribution in [0.3, 0.4) is 0 Å². The van der Waals surface area contributed by atoms with E-state index in [-0.39, 0.29) is 49.4 Å². The zero-order valence-corrected chi connectivity index (χ0v) is 6.53. The Morgan fingerprint density at radius 3 is 1.67 bits per heavy atom. The van der Waals surface area contributed by atoms with Gasteiger partial charge in [0.05, 0.1) is 0 Å². The molecule has 0 aliphatic heterocycles. The van der Waals surface area contributed by atoms with E-state index >= 15 is 0 Å². The zero-order valence-electron chi connectivity index (χ0n) is 4.11. The summed E-state index contributed by atoms with van der Waals surface area (Å²) in [7, 11) is 0. The Morgan fingerprint density at radius 2 is 1.67 bits per heavy atom. The molecule has 0 aromatic rings. The van der Waals surface area contributed by atoms with Crippen molar-refractivity contribution in [1.29, 1.82) is 0 Å². The first-order chi connectivity index (χ1) is 2.27. The molecule has 1 radical (unpaired) electrons. The molecule has 0 heterocycles. The largest absolute Gasteiger partial charge is 0.396 e. The van der Waals surface area contributed by atoms with E-state index in [1.54, 1.807) is 0 Å². The molecule has 0 aliphatic rings. The van der Waals surface area contributed by atoms with Gasteiger partial charge in [-0.15, -0.1) is 0 Å². The van der Waals surface area contributed by atoms with Gasteiger partial charge in [-0.1, -0.05) is 13.8 Å². The average Bonchev–Trinajstić information content (AvgIpc) is 1.38. The second kappa shape index (κ2) is 6.54. The number of aliphatic hydroxyl groups is 1. The van der Waals surface area contributed by atoms with Crippen LogP contribution < -0.4 is 0 Å². The van der Waals surface area contributed by atoms with E-state index in [1.807, 2.05) is 13.8 Å². The summed E-state index contributed by atoms with van der Waals surface area (Å²) in [6.45, 7) is 4.25. The molecule has 0 aromatic heterocycles. The Morgan fingerprint density at radius 1 is 1.50 bits per heavy atom. The molecule has 0 atom stereocenters. The van der Waals surface area contributed by atoms with Gasteiger partial charge < -0.3 is 5.11 Å². The Kier molecular flexibility index (Phi) is 11.5. The third kappa shape index (κ3) is 9.11. The first-order valence-corrected chi connectivity index (χ1v) is 1.88. The normalized spacial score (nSPS) is 8.00. The monoisotopic (exact) mass is 227 g/mol. The molecule has 39 valence electrons. The fourth-order valence-electron chi connectivity index (χ4n) is 0. The third-order valence-electron chi connectivity index (χ3n) is 0.365. The summed E-state index contributed by atoms with van der Waals surface area (Å²) in [6, 6.07) is 0. The van der Waals surface area contributed by atoms with Gasteiger partial charge in [0.15, 0.2) is 0 Å². The Balaban J connectivity index is 0. The van der Waals surface area contributed by atoms with Crippen molar-refractivity contribution in [3.63, 3.8) is 0 Å². The second-order valence-electron chi connectivity index (χ2n) is 1.58. The van der Waals surface area contributed by atoms with Gasteiger partial charge in [-0.2, -0.15) is 0 Å². The minimum atomic E-state index is 0. The van der Waals surface area contributed by atoms with Crippen molar-refractivity contribution in [1.82, 2.24) is 0 Å². The zero-order chi connectivity index (χ0) is 4.28. The quantitative estimate of drug-likeness (QED) is 0.695. The molecule has 6 heavy (non-hydrogen) atoms. The molecule has 0 aliphatic carbocycles. The maximum Gasteiger partial charge on any atom is 0.0453 e. The molecule has 0 saturated carbocycles. The smallest absolute Gasteiger partial charge is 0.0453 e. The topological polar surface area (TPSA) is 20.2 Å². The van der Waals surface area contributed by atoms with Gasteiger partial charge in [-0.25, -0.2) is 0 Å². The average molecular weight is 226 g/mol. The number of hydrogen-bond acceptors (Lipinski definition) is 1. The van der Waals surface area contributed by atoms with Crippen LogP contribution >= 0.6 is 0 Å². The van der Waals surface area contributed by atoms with E-state index in [4.69, 9.17) is 5.11 Å². The molecular weight excluding hydrogens is 216 g/mol. The van der Waals surface area contributed by atoms with E-state index in [9.17, 15) is 0 Å². The molecule has 0 unspecified atom stereocenters. The molecule has 0 fully saturated rings. The summed E-state index contributed by atoms with van der Waals surface area (Å²) in [6.07, 6.45) is 0. The Bertz CT molecular complexity index is 21.5. The van der Waals surface area contributed by atoms with E-state index in [2.05, 4.69) is 0 Å². The van der Waals surface area contributed by atoms with Crippen molar-refractivity contribution in [3.05, 3.63) is 0 Å². The van der Waals surface area contributed by atoms with Crippen LogP contribution in [0, 0.1) is 55.3 Å². The summed E-state index contributed by atoms with van der Waals surface area (Å²) in [5, 5.41) is 8.14. The molecule has 0 spiro atoms. The predicted octanol–water partition coefficient (Wildman–Crippen LogP) is 0.635. The molecule has 0 bridgehead atoms. The maximum absolute atomic E-state index is 8.14. The summed E-state index contributed by atoms with van der Waals surface area (Å²) in [5.74, 6) is 0.440. The summed E-state index contributed by atoms with van der Waals surface area (Å²) < 4.78 is 0. The standard InChI is InChI=1S/C4H10O.Eu/c1-4(2)3-5;/h4-5H,3H2,1-2H3;. The van der Waals surface area contributed by atoms with E-state index in [0.29, 0.717) is 12.5 Å². The molecule has 0 saturated heterocycles. The molecule has 2 heteroatoms. The minimum Gasteiger partial charge on any atom is -0.396 e. The maximum atomic E-state index is 8.14. The number of hydrogen-bond donors (Lipinski definition) is 1. The number of rotatable bonds is 1. The van der Waals surface area contributed by atoms with Crippen LogP contribution in [0.15, 0.2) is 0 Å². The second-order valence-corrected chi connectivity index (χ2v) is 1.58. The van der Waals surface area contributed by atoms with Gasteiger partial charge in [0.25, 0.3) is 0 Å². The van der Waals surface area contributed by atoms with Crippen molar-refractivity contribution in [2.45, 2.75) is 13.8 Å². The van der Waals surface area contributed by atoms with Crippen molar-refractivity contribution < 1.29 is 54.5 Å². The fraction of sp³-hybridized carbons (Fsp3) is 1.00. The summed E-state index contributed by atoms with van der Waals surface area (Å²) in [4.78, 5) is 0. The van der Waals surface area contributed by atoms with Crippen LogP contribution in [-0.4, -0.2) is 11.7 Å². The number of aliphatic hydroxyl groups excluding tert-OH is 1. The first-order valence-electron chi connectivity index (χ1n) is 1.88. The van der Waals surface area contributed by atoms with E-state index < -0.39 is 0 Å². The van der Waals surface area contributed by atoms with E-state index in [1.165, 1.54) is 0 Å². The van der Waals surface area contributed by atoms with Crippen LogP contribution in [-0.2, 0) is 0 Å². The molecule has 0 rings (SSSR count). The van der Waals surface area contributed by atoms with Gasteiger partial charge in [0, 0.05) is 56.0 Å². The van der Waals surface area contributed by atoms with Crippen LogP contribution in [0.2, 0.25) is 0 Å². The third-order valence-corrected chi connectivity index (χ3v) is 0.365. The SMILES string of the molecule is CC(C)CO.[Eu]. The first kappa shape index (κ1) is 10.5. The summed E-state index contributed by atoms with van der Waals surface area (Å²) in [5.41, 5.74) is 0. The minimum absolute atomic E-state index is 0.